The Morgan fingerprint density at radius 3 is 2.50 bits per heavy atom. The maximum absolute atomic E-state index is 11.5. The Hall–Kier alpha value is -4.30. The lowest BCUT2D eigenvalue weighted by atomic mass is 10.0. The number of ether oxygens (including phenoxy) is 2. The Morgan fingerprint density at radius 1 is 0.972 bits per heavy atom. The summed E-state index contributed by atoms with van der Waals surface area (Å²) >= 11 is 1.19. The Bertz CT molecular complexity index is 1590. The van der Waals surface area contributed by atoms with Crippen LogP contribution in [0.4, 0.5) is 4.79 Å². The molecule has 5 rings (SSSR count). The number of benzene rings is 3. The summed E-state index contributed by atoms with van der Waals surface area (Å²) in [6.45, 7) is 2.30. The predicted molar refractivity (Wildman–Crippen MR) is 140 cm³/mol. The number of hydrogen-bond donors (Lipinski definition) is 3. The maximum atomic E-state index is 11.5. The summed E-state index contributed by atoms with van der Waals surface area (Å²) in [7, 11) is 0. The summed E-state index contributed by atoms with van der Waals surface area (Å²) in [4.78, 5) is 27.0. The molecule has 0 fully saturated rings. The molecule has 0 atom stereocenters. The molecule has 0 spiro atoms. The molecule has 0 aliphatic rings. The van der Waals surface area contributed by atoms with E-state index in [0.717, 1.165) is 43.5 Å². The van der Waals surface area contributed by atoms with E-state index in [1.165, 1.54) is 11.3 Å². The third kappa shape index (κ3) is 4.50. The highest BCUT2D eigenvalue weighted by Gasteiger charge is 2.20. The maximum Gasteiger partial charge on any atom is 0.512 e. The zero-order chi connectivity index (χ0) is 25.2. The number of para-hydroxylation sites is 1. The van der Waals surface area contributed by atoms with Crippen molar-refractivity contribution >= 4 is 45.1 Å². The minimum atomic E-state index is -1.41. The van der Waals surface area contributed by atoms with Gasteiger partial charge in [-0.2, -0.15) is 0 Å². The number of aromatic nitrogens is 1. The molecule has 0 aliphatic carbocycles. The molecule has 3 N–H and O–H groups in total. The van der Waals surface area contributed by atoms with Crippen molar-refractivity contribution in [3.63, 3.8) is 0 Å². The van der Waals surface area contributed by atoms with Gasteiger partial charge in [0.15, 0.2) is 0 Å². The third-order valence-electron chi connectivity index (χ3n) is 6.04. The molecule has 0 saturated carbocycles. The molecule has 5 aromatic rings. The second-order valence-corrected chi connectivity index (χ2v) is 9.44. The molecule has 0 radical (unpaired) electrons. The number of rotatable bonds is 8. The molecule has 2 heterocycles. The van der Waals surface area contributed by atoms with Gasteiger partial charge in [0, 0.05) is 26.8 Å². The molecular formula is C28H23NO6S. The lowest BCUT2D eigenvalue weighted by Gasteiger charge is -2.09. The molecule has 7 nitrogen and oxygen atoms in total. The number of carbonyl (C=O) groups is 2. The fraction of sp³-hybridized carbons (Fsp3) is 0.143. The van der Waals surface area contributed by atoms with Gasteiger partial charge >= 0.3 is 12.1 Å². The number of aromatic amines is 1. The van der Waals surface area contributed by atoms with E-state index in [-0.39, 0.29) is 10.8 Å². The fourth-order valence-corrected chi connectivity index (χ4v) is 5.51. The first-order valence-electron chi connectivity index (χ1n) is 11.4. The topological polar surface area (TPSA) is 109 Å². The van der Waals surface area contributed by atoms with Gasteiger partial charge in [0.1, 0.15) is 10.6 Å². The smallest absolute Gasteiger partial charge is 0.493 e. The highest BCUT2D eigenvalue weighted by Crippen LogP contribution is 2.40. The van der Waals surface area contributed by atoms with E-state index in [4.69, 9.17) is 9.47 Å². The van der Waals surface area contributed by atoms with Crippen molar-refractivity contribution in [1.29, 1.82) is 0 Å². The van der Waals surface area contributed by atoms with Gasteiger partial charge in [-0.05, 0) is 42.8 Å². The second kappa shape index (κ2) is 9.75. The molecule has 3 aromatic carbocycles. The van der Waals surface area contributed by atoms with Crippen LogP contribution in [0.1, 0.15) is 27.2 Å². The number of hydrogen-bond acceptors (Lipinski definition) is 5. The highest BCUT2D eigenvalue weighted by atomic mass is 32.1. The number of aryl methyl sites for hydroxylation is 2. The van der Waals surface area contributed by atoms with Crippen LogP contribution >= 0.6 is 11.3 Å². The first kappa shape index (κ1) is 23.4. The number of nitrogens with one attached hydrogen (secondary N) is 1. The second-order valence-electron chi connectivity index (χ2n) is 8.39. The Labute approximate surface area is 210 Å². The summed E-state index contributed by atoms with van der Waals surface area (Å²) in [5.74, 6) is -0.00343. The first-order valence-corrected chi connectivity index (χ1v) is 12.2. The molecule has 0 unspecified atom stereocenters. The normalized spacial score (nSPS) is 11.1. The zero-order valence-electron chi connectivity index (χ0n) is 19.4. The van der Waals surface area contributed by atoms with E-state index in [9.17, 15) is 19.8 Å². The highest BCUT2D eigenvalue weighted by molar-refractivity contribution is 7.17. The minimum absolute atomic E-state index is 0.169. The Balaban J connectivity index is 1.43. The largest absolute Gasteiger partial charge is 0.512 e. The Morgan fingerprint density at radius 2 is 1.72 bits per heavy atom. The van der Waals surface area contributed by atoms with Gasteiger partial charge in [0.05, 0.1) is 12.1 Å². The van der Waals surface area contributed by atoms with Crippen LogP contribution in [0.15, 0.2) is 66.7 Å². The van der Waals surface area contributed by atoms with Crippen LogP contribution in [0.3, 0.4) is 0 Å². The van der Waals surface area contributed by atoms with Crippen molar-refractivity contribution in [3.8, 4) is 22.1 Å². The zero-order valence-corrected chi connectivity index (χ0v) is 20.2. The Kier molecular flexibility index (Phi) is 6.35. The summed E-state index contributed by atoms with van der Waals surface area (Å²) < 4.78 is 11.2. The van der Waals surface area contributed by atoms with Crippen molar-refractivity contribution in [2.24, 2.45) is 0 Å². The van der Waals surface area contributed by atoms with Gasteiger partial charge in [-0.3, -0.25) is 0 Å². The number of fused-ring (bicyclic) bond motifs is 2. The van der Waals surface area contributed by atoms with Crippen molar-refractivity contribution in [1.82, 2.24) is 4.98 Å². The molecular weight excluding hydrogens is 478 g/mol. The molecule has 8 heteroatoms. The van der Waals surface area contributed by atoms with Gasteiger partial charge in [-0.1, -0.05) is 54.6 Å². The number of aromatic carboxylic acids is 1. The van der Waals surface area contributed by atoms with Crippen LogP contribution in [0.5, 0.6) is 11.6 Å². The molecule has 36 heavy (non-hydrogen) atoms. The van der Waals surface area contributed by atoms with Crippen LogP contribution in [0.25, 0.3) is 32.1 Å². The van der Waals surface area contributed by atoms with Crippen LogP contribution in [0.2, 0.25) is 0 Å². The summed E-state index contributed by atoms with van der Waals surface area (Å²) in [5, 5.41) is 21.7. The molecule has 0 aliphatic heterocycles. The summed E-state index contributed by atoms with van der Waals surface area (Å²) in [6.07, 6.45) is -0.241. The summed E-state index contributed by atoms with van der Waals surface area (Å²) in [6, 6.07) is 21.3. The fourth-order valence-electron chi connectivity index (χ4n) is 4.47. The lowest BCUT2D eigenvalue weighted by molar-refractivity contribution is 0.0702. The van der Waals surface area contributed by atoms with Crippen molar-refractivity contribution in [2.75, 3.05) is 6.61 Å². The van der Waals surface area contributed by atoms with Crippen molar-refractivity contribution in [3.05, 3.63) is 82.7 Å². The van der Waals surface area contributed by atoms with Crippen molar-refractivity contribution < 1.29 is 29.3 Å². The van der Waals surface area contributed by atoms with Crippen molar-refractivity contribution in [2.45, 2.75) is 19.8 Å². The quantitative estimate of drug-likeness (QED) is 0.154. The third-order valence-corrected chi connectivity index (χ3v) is 7.30. The molecule has 0 bridgehead atoms. The minimum Gasteiger partial charge on any atom is -0.493 e. The predicted octanol–water partition coefficient (Wildman–Crippen LogP) is 7.12. The van der Waals surface area contributed by atoms with Crippen LogP contribution in [-0.2, 0) is 6.42 Å². The van der Waals surface area contributed by atoms with E-state index >= 15 is 0 Å². The van der Waals surface area contributed by atoms with Gasteiger partial charge in [0.2, 0.25) is 5.88 Å². The lowest BCUT2D eigenvalue weighted by Crippen LogP contribution is -2.06. The molecule has 182 valence electrons. The number of carboxylic acid groups (broad SMARTS) is 2. The molecule has 0 amide bonds. The van der Waals surface area contributed by atoms with Crippen LogP contribution < -0.4 is 9.47 Å². The van der Waals surface area contributed by atoms with Gasteiger partial charge in [-0.15, -0.1) is 11.3 Å². The summed E-state index contributed by atoms with van der Waals surface area (Å²) in [5.41, 5.74) is 3.09. The number of carboxylic acids is 1. The van der Waals surface area contributed by atoms with Crippen LogP contribution in [0, 0.1) is 6.92 Å². The number of thiophene rings is 1. The molecule has 2 aromatic heterocycles. The van der Waals surface area contributed by atoms with E-state index in [0.29, 0.717) is 25.0 Å². The van der Waals surface area contributed by atoms with E-state index < -0.39 is 12.1 Å². The van der Waals surface area contributed by atoms with Crippen LogP contribution in [-0.4, -0.2) is 33.9 Å². The van der Waals surface area contributed by atoms with E-state index in [1.807, 2.05) is 67.6 Å². The van der Waals surface area contributed by atoms with Gasteiger partial charge in [-0.25, -0.2) is 9.59 Å². The molecule has 0 saturated heterocycles. The average Bonchev–Trinajstić information content (AvgIpc) is 3.41. The SMILES string of the molecule is Cc1cc(C(=O)O)sc1-c1cccc2c(CCCOc3cccc4ccccc34)c(OC(=O)O)[nH]c12. The average molecular weight is 502 g/mol. The van der Waals surface area contributed by atoms with E-state index in [1.54, 1.807) is 6.07 Å². The van der Waals surface area contributed by atoms with Gasteiger partial charge < -0.3 is 24.7 Å². The van der Waals surface area contributed by atoms with Gasteiger partial charge in [0.25, 0.3) is 0 Å². The number of H-pyrrole nitrogens is 1. The standard InChI is InChI=1S/C28H23NO6S/c1-16-15-23(27(30)31)36-25(16)21-11-5-10-19-20(26(29-24(19)21)35-28(32)33)12-6-14-34-22-13-4-8-17-7-2-3-9-18(17)22/h2-5,7-11,13,15,29H,6,12,14H2,1H3,(H,30,31)(H,32,33). The van der Waals surface area contributed by atoms with E-state index in [2.05, 4.69) is 4.98 Å². The first-order chi connectivity index (χ1) is 17.4. The monoisotopic (exact) mass is 501 g/mol.